The Hall–Kier alpha value is -1.40. The van der Waals surface area contributed by atoms with E-state index in [1.165, 1.54) is 41.3 Å². The predicted molar refractivity (Wildman–Crippen MR) is 133 cm³/mol. The zero-order valence-electron chi connectivity index (χ0n) is 16.7. The van der Waals surface area contributed by atoms with Crippen molar-refractivity contribution < 1.29 is 5.11 Å². The summed E-state index contributed by atoms with van der Waals surface area (Å²) in [5, 5.41) is 13.8. The van der Waals surface area contributed by atoms with Crippen molar-refractivity contribution in [3.8, 4) is 16.9 Å². The molecule has 0 fully saturated rings. The zero-order valence-corrected chi connectivity index (χ0v) is 20.7. The Kier molecular flexibility index (Phi) is 6.03. The number of fused-ring (bicyclic) bond motifs is 2. The highest BCUT2D eigenvalue weighted by Gasteiger charge is 2.21. The van der Waals surface area contributed by atoms with Gasteiger partial charge in [-0.05, 0) is 91.5 Å². The second-order valence-corrected chi connectivity index (χ2v) is 9.97. The number of halogens is 2. The first-order chi connectivity index (χ1) is 14.0. The van der Waals surface area contributed by atoms with Gasteiger partial charge >= 0.3 is 0 Å². The molecule has 150 valence electrons. The number of phenolic OH excluding ortho intramolecular Hbond substituents is 1. The van der Waals surface area contributed by atoms with Crippen molar-refractivity contribution >= 4 is 64.1 Å². The maximum atomic E-state index is 10.0. The lowest BCUT2D eigenvalue weighted by Gasteiger charge is -2.17. The molecule has 1 heterocycles. The Bertz CT molecular complexity index is 1210. The van der Waals surface area contributed by atoms with Crippen LogP contribution in [0.3, 0.4) is 0 Å². The van der Waals surface area contributed by atoms with E-state index >= 15 is 0 Å². The number of rotatable bonds is 5. The number of hydrogen-bond donors (Lipinski definition) is 1. The van der Waals surface area contributed by atoms with Gasteiger partial charge in [0.15, 0.2) is 0 Å². The lowest BCUT2D eigenvalue weighted by molar-refractivity contribution is 0.298. The molecule has 2 nitrogen and oxygen atoms in total. The fourth-order valence-corrected chi connectivity index (χ4v) is 6.40. The number of thiophene rings is 1. The number of phenols is 1. The van der Waals surface area contributed by atoms with E-state index in [2.05, 4.69) is 81.8 Å². The maximum Gasteiger partial charge on any atom is 0.129 e. The van der Waals surface area contributed by atoms with Crippen LogP contribution >= 0.6 is 43.2 Å². The Morgan fingerprint density at radius 2 is 1.69 bits per heavy atom. The van der Waals surface area contributed by atoms with Crippen molar-refractivity contribution in [2.24, 2.45) is 0 Å². The summed E-state index contributed by atoms with van der Waals surface area (Å²) in [5.41, 5.74) is 3.69. The minimum atomic E-state index is 0.260. The molecule has 0 saturated heterocycles. The van der Waals surface area contributed by atoms with Gasteiger partial charge in [-0.2, -0.15) is 0 Å². The molecule has 0 aliphatic rings. The lowest BCUT2D eigenvalue weighted by atomic mass is 9.93. The number of aromatic hydroxyl groups is 1. The third-order valence-corrected chi connectivity index (χ3v) is 8.64. The molecule has 0 atom stereocenters. The molecule has 0 bridgehead atoms. The van der Waals surface area contributed by atoms with E-state index in [9.17, 15) is 5.11 Å². The minimum absolute atomic E-state index is 0.260. The van der Waals surface area contributed by atoms with Crippen molar-refractivity contribution in [3.05, 3.63) is 61.9 Å². The molecule has 0 saturated carbocycles. The Morgan fingerprint density at radius 1 is 1.00 bits per heavy atom. The fraction of sp³-hybridized carbons (Fsp3) is 0.250. The van der Waals surface area contributed by atoms with Gasteiger partial charge in [-0.1, -0.05) is 44.2 Å². The number of aryl methyl sites for hydroxylation is 1. The van der Waals surface area contributed by atoms with Gasteiger partial charge in [0, 0.05) is 21.3 Å². The van der Waals surface area contributed by atoms with E-state index in [1.54, 1.807) is 6.07 Å². The summed E-state index contributed by atoms with van der Waals surface area (Å²) in [5.74, 6) is 0.260. The Morgan fingerprint density at radius 3 is 2.34 bits per heavy atom. The SMILES string of the molecule is CCN(CC)Cc1sc2c(Br)c3ccccc3c(-c3ccc(O)c(Br)c3)c2c1C. The van der Waals surface area contributed by atoms with Crippen molar-refractivity contribution in [2.45, 2.75) is 27.3 Å². The molecule has 1 aromatic heterocycles. The van der Waals surface area contributed by atoms with Crippen LogP contribution in [-0.4, -0.2) is 23.1 Å². The summed E-state index contributed by atoms with van der Waals surface area (Å²) < 4.78 is 3.18. The summed E-state index contributed by atoms with van der Waals surface area (Å²) in [6.07, 6.45) is 0. The molecule has 3 aromatic carbocycles. The van der Waals surface area contributed by atoms with Gasteiger partial charge in [0.2, 0.25) is 0 Å². The lowest BCUT2D eigenvalue weighted by Crippen LogP contribution is -2.21. The van der Waals surface area contributed by atoms with Crippen LogP contribution in [0.4, 0.5) is 0 Å². The molecule has 0 aliphatic heterocycles. The van der Waals surface area contributed by atoms with Crippen LogP contribution in [0.15, 0.2) is 51.4 Å². The van der Waals surface area contributed by atoms with E-state index in [-0.39, 0.29) is 5.75 Å². The molecule has 4 aromatic rings. The molecule has 5 heteroatoms. The highest BCUT2D eigenvalue weighted by atomic mass is 79.9. The average Bonchev–Trinajstić information content (AvgIpc) is 3.05. The van der Waals surface area contributed by atoms with Crippen molar-refractivity contribution in [3.63, 3.8) is 0 Å². The average molecular weight is 533 g/mol. The van der Waals surface area contributed by atoms with Gasteiger partial charge in [-0.3, -0.25) is 4.90 Å². The van der Waals surface area contributed by atoms with Crippen LogP contribution in [0.5, 0.6) is 5.75 Å². The van der Waals surface area contributed by atoms with Gasteiger partial charge in [0.25, 0.3) is 0 Å². The van der Waals surface area contributed by atoms with Crippen molar-refractivity contribution in [2.75, 3.05) is 13.1 Å². The molecule has 1 N–H and O–H groups in total. The third-order valence-electron chi connectivity index (χ3n) is 5.63. The summed E-state index contributed by atoms with van der Waals surface area (Å²) in [6, 6.07) is 14.3. The quantitative estimate of drug-likeness (QED) is 0.280. The third kappa shape index (κ3) is 3.63. The van der Waals surface area contributed by atoms with E-state index in [0.29, 0.717) is 4.47 Å². The predicted octanol–water partition coefficient (Wildman–Crippen LogP) is 8.10. The monoisotopic (exact) mass is 531 g/mol. The molecule has 0 radical (unpaired) electrons. The normalized spacial score (nSPS) is 11.8. The fourth-order valence-electron chi connectivity index (χ4n) is 3.93. The smallest absolute Gasteiger partial charge is 0.129 e. The topological polar surface area (TPSA) is 23.5 Å². The van der Waals surface area contributed by atoms with Gasteiger partial charge in [-0.25, -0.2) is 0 Å². The summed E-state index contributed by atoms with van der Waals surface area (Å²) in [7, 11) is 0. The first kappa shape index (κ1) is 20.9. The molecular weight excluding hydrogens is 510 g/mol. The summed E-state index contributed by atoms with van der Waals surface area (Å²) in [4.78, 5) is 3.88. The maximum absolute atomic E-state index is 10.0. The van der Waals surface area contributed by atoms with Gasteiger partial charge < -0.3 is 5.11 Å². The van der Waals surface area contributed by atoms with Gasteiger partial charge in [0.1, 0.15) is 5.75 Å². The summed E-state index contributed by atoms with van der Waals surface area (Å²) in [6.45, 7) is 9.75. The number of nitrogens with zero attached hydrogens (tertiary/aromatic N) is 1. The molecule has 29 heavy (non-hydrogen) atoms. The van der Waals surface area contributed by atoms with Crippen LogP contribution < -0.4 is 0 Å². The molecular formula is C24H23Br2NOS. The van der Waals surface area contributed by atoms with Crippen LogP contribution in [0, 0.1) is 6.92 Å². The second kappa shape index (κ2) is 8.38. The van der Waals surface area contributed by atoms with Crippen LogP contribution in [0.1, 0.15) is 24.3 Å². The van der Waals surface area contributed by atoms with Crippen LogP contribution in [0.25, 0.3) is 32.0 Å². The number of benzene rings is 3. The van der Waals surface area contributed by atoms with Crippen molar-refractivity contribution in [1.29, 1.82) is 0 Å². The standard InChI is InChI=1S/C24H23Br2NOS/c1-4-27(5-2)13-20-14(3)21-22(15-10-11-19(28)18(25)12-15)16-8-6-7-9-17(16)23(26)24(21)29-20/h6-12,28H,4-5,13H2,1-3H3. The zero-order chi connectivity index (χ0) is 20.7. The molecule has 0 spiro atoms. The Labute approximate surface area is 192 Å². The summed E-state index contributed by atoms with van der Waals surface area (Å²) >= 11 is 9.30. The van der Waals surface area contributed by atoms with E-state index < -0.39 is 0 Å². The minimum Gasteiger partial charge on any atom is -0.507 e. The largest absolute Gasteiger partial charge is 0.507 e. The van der Waals surface area contributed by atoms with Gasteiger partial charge in [0.05, 0.1) is 9.17 Å². The van der Waals surface area contributed by atoms with Crippen LogP contribution in [-0.2, 0) is 6.54 Å². The second-order valence-electron chi connectivity index (χ2n) is 7.22. The first-order valence-electron chi connectivity index (χ1n) is 9.79. The van der Waals surface area contributed by atoms with E-state index in [0.717, 1.165) is 25.2 Å². The van der Waals surface area contributed by atoms with Crippen molar-refractivity contribution in [1.82, 2.24) is 4.90 Å². The van der Waals surface area contributed by atoms with E-state index in [4.69, 9.17) is 0 Å². The van der Waals surface area contributed by atoms with E-state index in [1.807, 2.05) is 23.5 Å². The highest BCUT2D eigenvalue weighted by Crippen LogP contribution is 2.48. The first-order valence-corrected chi connectivity index (χ1v) is 12.2. The number of hydrogen-bond acceptors (Lipinski definition) is 3. The molecule has 0 unspecified atom stereocenters. The molecule has 0 aliphatic carbocycles. The Balaban J connectivity index is 2.09. The molecule has 0 amide bonds. The highest BCUT2D eigenvalue weighted by molar-refractivity contribution is 9.11. The van der Waals surface area contributed by atoms with Gasteiger partial charge in [-0.15, -0.1) is 11.3 Å². The molecule has 4 rings (SSSR count). The van der Waals surface area contributed by atoms with Crippen LogP contribution in [0.2, 0.25) is 0 Å².